The molecule has 48 heavy (non-hydrogen) atoms. The topological polar surface area (TPSA) is 98.1 Å². The molecule has 1 atom stereocenters. The number of carbonyl (C=O) groups is 1. The van der Waals surface area contributed by atoms with Crippen LogP contribution in [0.1, 0.15) is 44.4 Å². The molecule has 2 fully saturated rings. The van der Waals surface area contributed by atoms with Gasteiger partial charge in [-0.15, -0.1) is 0 Å². The van der Waals surface area contributed by atoms with Crippen LogP contribution in [0.3, 0.4) is 0 Å². The van der Waals surface area contributed by atoms with Crippen LogP contribution in [0.25, 0.3) is 10.8 Å². The van der Waals surface area contributed by atoms with Crippen LogP contribution in [0.4, 0.5) is 15.9 Å². The van der Waals surface area contributed by atoms with E-state index in [1.807, 2.05) is 12.1 Å². The molecule has 3 aromatic rings. The number of hydrogen-bond acceptors (Lipinski definition) is 9. The van der Waals surface area contributed by atoms with Gasteiger partial charge in [0.05, 0.1) is 23.3 Å². The minimum Gasteiger partial charge on any atom is -0.462 e. The van der Waals surface area contributed by atoms with E-state index >= 15 is 0 Å². The molecule has 0 N–H and O–H groups in total. The SMILES string of the molecule is C=C(F)C(=O)N1CCN(c2nc(OCC(CC)N(C)C3CCOCC3)nc3c2CCN(c2cccc4cccc(Cl)c24)C3)CC1.CC#N. The van der Waals surface area contributed by atoms with Crippen LogP contribution >= 0.6 is 11.6 Å². The van der Waals surface area contributed by atoms with E-state index < -0.39 is 11.7 Å². The van der Waals surface area contributed by atoms with Gasteiger partial charge in [0.2, 0.25) is 0 Å². The molecule has 2 aromatic carbocycles. The number of amides is 1. The molecule has 12 heteroatoms. The van der Waals surface area contributed by atoms with Crippen molar-refractivity contribution in [3.63, 3.8) is 0 Å². The first-order valence-electron chi connectivity index (χ1n) is 16.7. The van der Waals surface area contributed by atoms with Crippen molar-refractivity contribution < 1.29 is 18.7 Å². The van der Waals surface area contributed by atoms with Gasteiger partial charge in [0.25, 0.3) is 5.91 Å². The summed E-state index contributed by atoms with van der Waals surface area (Å²) in [6.07, 6.45) is 3.73. The Morgan fingerprint density at radius 1 is 1.15 bits per heavy atom. The lowest BCUT2D eigenvalue weighted by Crippen LogP contribution is -2.49. The molecule has 1 unspecified atom stereocenters. The van der Waals surface area contributed by atoms with Crippen LogP contribution in [0.2, 0.25) is 5.02 Å². The zero-order chi connectivity index (χ0) is 34.2. The number of fused-ring (bicyclic) bond motifs is 2. The van der Waals surface area contributed by atoms with Gasteiger partial charge in [-0.2, -0.15) is 15.2 Å². The molecule has 1 aromatic heterocycles. The molecular formula is C36H45ClFN7O3. The van der Waals surface area contributed by atoms with Crippen LogP contribution < -0.4 is 14.5 Å². The Balaban J connectivity index is 0.00000145. The number of benzene rings is 2. The summed E-state index contributed by atoms with van der Waals surface area (Å²) in [5.41, 5.74) is 3.09. The maximum atomic E-state index is 13.6. The minimum absolute atomic E-state index is 0.217. The van der Waals surface area contributed by atoms with E-state index in [0.29, 0.717) is 51.4 Å². The standard InChI is InChI=1S/C34H42ClFN6O3.C2H3N/c1-4-25(39(3)26-12-19-44-20-13-26)22-45-34-37-29-21-42(30-10-6-8-24-7-5-9-28(35)31(24)30)14-11-27(29)32(38-34)40-15-17-41(18-16-40)33(43)23(2)36;1-2-3/h5-10,25-26H,2,4,11-22H2,1,3H3;1H3. The van der Waals surface area contributed by atoms with Crippen molar-refractivity contribution in [3.05, 3.63) is 65.1 Å². The molecule has 0 saturated carbocycles. The molecule has 0 spiro atoms. The molecule has 10 nitrogen and oxygen atoms in total. The zero-order valence-corrected chi connectivity index (χ0v) is 28.9. The predicted octanol–water partition coefficient (Wildman–Crippen LogP) is 5.78. The number of hydrogen-bond donors (Lipinski definition) is 0. The fourth-order valence-corrected chi connectivity index (χ4v) is 7.12. The van der Waals surface area contributed by atoms with Gasteiger partial charge in [-0.05, 0) is 50.2 Å². The Labute approximate surface area is 287 Å². The van der Waals surface area contributed by atoms with Gasteiger partial charge in [0.1, 0.15) is 12.4 Å². The van der Waals surface area contributed by atoms with Crippen molar-refractivity contribution in [2.75, 3.05) is 69.4 Å². The van der Waals surface area contributed by atoms with Crippen molar-refractivity contribution in [1.29, 1.82) is 5.26 Å². The van der Waals surface area contributed by atoms with E-state index in [0.717, 1.165) is 84.0 Å². The van der Waals surface area contributed by atoms with Crippen LogP contribution in [0, 0.1) is 11.3 Å². The Bertz CT molecular complexity index is 1630. The number of carbonyl (C=O) groups excluding carboxylic acids is 1. The fraction of sp³-hybridized carbons (Fsp3) is 0.500. The Kier molecular flexibility index (Phi) is 12.1. The zero-order valence-electron chi connectivity index (χ0n) is 28.1. The first kappa shape index (κ1) is 35.3. The number of halogens is 2. The molecule has 6 rings (SSSR count). The van der Waals surface area contributed by atoms with E-state index in [9.17, 15) is 9.18 Å². The van der Waals surface area contributed by atoms with Gasteiger partial charge in [-0.25, -0.2) is 4.39 Å². The second-order valence-electron chi connectivity index (χ2n) is 12.3. The molecule has 0 aliphatic carbocycles. The third-order valence-electron chi connectivity index (χ3n) is 9.51. The number of ether oxygens (including phenoxy) is 2. The maximum Gasteiger partial charge on any atom is 0.318 e. The van der Waals surface area contributed by atoms with Gasteiger partial charge >= 0.3 is 6.01 Å². The van der Waals surface area contributed by atoms with Crippen molar-refractivity contribution in [2.24, 2.45) is 0 Å². The van der Waals surface area contributed by atoms with Crippen LogP contribution in [-0.2, 0) is 22.5 Å². The number of nitrogens with zero attached hydrogens (tertiary/aromatic N) is 7. The first-order chi connectivity index (χ1) is 23.2. The maximum absolute atomic E-state index is 13.6. The Morgan fingerprint density at radius 3 is 2.50 bits per heavy atom. The van der Waals surface area contributed by atoms with E-state index in [-0.39, 0.29) is 6.04 Å². The number of piperazine rings is 1. The van der Waals surface area contributed by atoms with Crippen LogP contribution in [0.5, 0.6) is 6.01 Å². The molecule has 2 saturated heterocycles. The third-order valence-corrected chi connectivity index (χ3v) is 9.83. The van der Waals surface area contributed by atoms with Crippen molar-refractivity contribution in [3.8, 4) is 12.1 Å². The summed E-state index contributed by atoms with van der Waals surface area (Å²) >= 11 is 6.71. The van der Waals surface area contributed by atoms with Gasteiger partial charge < -0.3 is 24.2 Å². The third kappa shape index (κ3) is 8.00. The second-order valence-corrected chi connectivity index (χ2v) is 12.7. The Morgan fingerprint density at radius 2 is 1.83 bits per heavy atom. The molecule has 1 amide bonds. The quantitative estimate of drug-likeness (QED) is 0.261. The number of likely N-dealkylation sites (N-methyl/N-ethyl adjacent to an activating group) is 1. The highest BCUT2D eigenvalue weighted by molar-refractivity contribution is 6.36. The Hall–Kier alpha value is -3.98. The normalized spacial score (nSPS) is 17.3. The number of aromatic nitrogens is 2. The molecule has 0 radical (unpaired) electrons. The summed E-state index contributed by atoms with van der Waals surface area (Å²) in [5, 5.41) is 10.2. The van der Waals surface area contributed by atoms with E-state index in [1.54, 1.807) is 6.07 Å². The molecule has 0 bridgehead atoms. The highest BCUT2D eigenvalue weighted by atomic mass is 35.5. The van der Waals surface area contributed by atoms with E-state index in [4.69, 9.17) is 36.3 Å². The lowest BCUT2D eigenvalue weighted by Gasteiger charge is -2.38. The summed E-state index contributed by atoms with van der Waals surface area (Å²) in [4.78, 5) is 30.6. The summed E-state index contributed by atoms with van der Waals surface area (Å²) in [7, 11) is 2.17. The van der Waals surface area contributed by atoms with Crippen molar-refractivity contribution >= 4 is 39.8 Å². The van der Waals surface area contributed by atoms with Crippen molar-refractivity contribution in [1.82, 2.24) is 19.8 Å². The molecular weight excluding hydrogens is 633 g/mol. The fourth-order valence-electron chi connectivity index (χ4n) is 6.84. The smallest absolute Gasteiger partial charge is 0.318 e. The van der Waals surface area contributed by atoms with Gasteiger partial charge in [0, 0.05) is 81.6 Å². The highest BCUT2D eigenvalue weighted by Gasteiger charge is 2.31. The minimum atomic E-state index is -0.927. The number of anilines is 2. The first-order valence-corrected chi connectivity index (χ1v) is 17.1. The van der Waals surface area contributed by atoms with E-state index in [2.05, 4.69) is 59.5 Å². The molecule has 4 heterocycles. The number of nitriles is 1. The highest BCUT2D eigenvalue weighted by Crippen LogP contribution is 2.37. The lowest BCUT2D eigenvalue weighted by atomic mass is 10.0. The molecule has 256 valence electrons. The summed E-state index contributed by atoms with van der Waals surface area (Å²) in [5.74, 6) is -0.738. The monoisotopic (exact) mass is 677 g/mol. The average Bonchev–Trinajstić information content (AvgIpc) is 3.11. The van der Waals surface area contributed by atoms with Crippen LogP contribution in [-0.4, -0.2) is 97.4 Å². The van der Waals surface area contributed by atoms with Crippen molar-refractivity contribution in [2.45, 2.75) is 58.2 Å². The summed E-state index contributed by atoms with van der Waals surface area (Å²) < 4.78 is 25.6. The summed E-state index contributed by atoms with van der Waals surface area (Å²) in [6.45, 7) is 12.1. The van der Waals surface area contributed by atoms with Gasteiger partial charge in [-0.1, -0.05) is 49.4 Å². The largest absolute Gasteiger partial charge is 0.462 e. The second kappa shape index (κ2) is 16.4. The lowest BCUT2D eigenvalue weighted by molar-refractivity contribution is -0.128. The summed E-state index contributed by atoms with van der Waals surface area (Å²) in [6, 6.07) is 15.0. The molecule has 3 aliphatic rings. The number of rotatable bonds is 9. The van der Waals surface area contributed by atoms with Gasteiger partial charge in [0.15, 0.2) is 5.83 Å². The predicted molar refractivity (Wildman–Crippen MR) is 187 cm³/mol. The molecule has 3 aliphatic heterocycles. The van der Waals surface area contributed by atoms with Gasteiger partial charge in [-0.3, -0.25) is 9.69 Å². The van der Waals surface area contributed by atoms with E-state index in [1.165, 1.54) is 11.8 Å². The van der Waals surface area contributed by atoms with Crippen LogP contribution in [0.15, 0.2) is 48.8 Å². The average molecular weight is 678 g/mol.